The second-order valence-electron chi connectivity index (χ2n) is 3.37. The van der Waals surface area contributed by atoms with Gasteiger partial charge in [0.05, 0.1) is 0 Å². The maximum absolute atomic E-state index is 11.3. The Morgan fingerprint density at radius 1 is 1.58 bits per heavy atom. The third-order valence-corrected chi connectivity index (χ3v) is 2.68. The van der Waals surface area contributed by atoms with Crippen LogP contribution in [0.2, 0.25) is 0 Å². The van der Waals surface area contributed by atoms with Gasteiger partial charge in [-0.05, 0) is 26.2 Å². The summed E-state index contributed by atoms with van der Waals surface area (Å²) in [4.78, 5) is 13.3. The van der Waals surface area contributed by atoms with Crippen molar-refractivity contribution in [2.24, 2.45) is 0 Å². The number of nitrogens with zero attached hydrogens (tertiary/aromatic N) is 1. The van der Waals surface area contributed by atoms with E-state index in [-0.39, 0.29) is 0 Å². The molecule has 1 atom stereocenters. The van der Waals surface area contributed by atoms with Crippen LogP contribution in [0.5, 0.6) is 0 Å². The Balaban J connectivity index is 2.25. The average molecular weight is 190 g/mol. The molecule has 1 fully saturated rings. The van der Waals surface area contributed by atoms with Gasteiger partial charge in [-0.25, -0.2) is 0 Å². The average Bonchev–Trinajstić information content (AvgIpc) is 2.35. The summed E-state index contributed by atoms with van der Waals surface area (Å²) < 4.78 is 0. The van der Waals surface area contributed by atoms with Crippen molar-refractivity contribution in [3.05, 3.63) is 0 Å². The Labute approximate surface area is 78.9 Å². The molecule has 1 saturated heterocycles. The van der Waals surface area contributed by atoms with Crippen LogP contribution < -0.4 is 0 Å². The lowest BCUT2D eigenvalue weighted by Gasteiger charge is -2.20. The quantitative estimate of drug-likeness (QED) is 0.490. The highest BCUT2D eigenvalue weighted by atomic mass is 35.5. The maximum Gasteiger partial charge on any atom is 0.222 e. The summed E-state index contributed by atoms with van der Waals surface area (Å²) >= 11 is 5.56. The third-order valence-electron chi connectivity index (χ3n) is 2.41. The van der Waals surface area contributed by atoms with Crippen LogP contribution in [-0.2, 0) is 4.79 Å². The van der Waals surface area contributed by atoms with Crippen LogP contribution in [0.1, 0.15) is 32.6 Å². The van der Waals surface area contributed by atoms with E-state index in [1.54, 1.807) is 0 Å². The molecule has 1 rings (SSSR count). The minimum atomic E-state index is 0.317. The molecule has 0 aromatic rings. The molecule has 0 unspecified atom stereocenters. The van der Waals surface area contributed by atoms with E-state index in [9.17, 15) is 4.79 Å². The number of hydrogen-bond donors (Lipinski definition) is 0. The minimum absolute atomic E-state index is 0.317. The lowest BCUT2D eigenvalue weighted by Crippen LogP contribution is -2.31. The molecule has 2 nitrogen and oxygen atoms in total. The molecule has 0 N–H and O–H groups in total. The van der Waals surface area contributed by atoms with E-state index >= 15 is 0 Å². The Kier molecular flexibility index (Phi) is 3.86. The Hall–Kier alpha value is -0.240. The molecule has 0 aromatic carbocycles. The molecule has 0 radical (unpaired) electrons. The van der Waals surface area contributed by atoms with Crippen LogP contribution in [0.25, 0.3) is 0 Å². The lowest BCUT2D eigenvalue weighted by atomic mass is 10.2. The predicted octanol–water partition coefficient (Wildman–Crippen LogP) is 2.02. The van der Waals surface area contributed by atoms with Crippen molar-refractivity contribution in [3.8, 4) is 0 Å². The molecule has 0 aromatic heterocycles. The van der Waals surface area contributed by atoms with Crippen LogP contribution in [-0.4, -0.2) is 29.3 Å². The first-order chi connectivity index (χ1) is 5.75. The minimum Gasteiger partial charge on any atom is -0.340 e. The highest BCUT2D eigenvalue weighted by Crippen LogP contribution is 2.18. The summed E-state index contributed by atoms with van der Waals surface area (Å²) in [5.41, 5.74) is 0. The number of carbonyl (C=O) groups is 1. The standard InChI is InChI=1S/C9H16ClNO/c1-8-4-5-9(12)11(8)7-3-2-6-10/h8H,2-7H2,1H3/t8-/m0/s1. The number of rotatable bonds is 4. The van der Waals surface area contributed by atoms with Gasteiger partial charge in [0, 0.05) is 24.9 Å². The zero-order valence-electron chi connectivity index (χ0n) is 7.55. The number of hydrogen-bond acceptors (Lipinski definition) is 1. The van der Waals surface area contributed by atoms with Gasteiger partial charge in [-0.2, -0.15) is 0 Å². The summed E-state index contributed by atoms with van der Waals surface area (Å²) in [7, 11) is 0. The third kappa shape index (κ3) is 2.37. The molecule has 0 saturated carbocycles. The van der Waals surface area contributed by atoms with E-state index in [1.807, 2.05) is 4.90 Å². The first-order valence-corrected chi connectivity index (χ1v) is 5.14. The zero-order valence-corrected chi connectivity index (χ0v) is 8.31. The number of amides is 1. The molecule has 12 heavy (non-hydrogen) atoms. The van der Waals surface area contributed by atoms with E-state index in [1.165, 1.54) is 0 Å². The molecule has 70 valence electrons. The number of unbranched alkanes of at least 4 members (excludes halogenated alkanes) is 1. The van der Waals surface area contributed by atoms with Gasteiger partial charge in [0.1, 0.15) is 0 Å². The molecule has 0 bridgehead atoms. The fourth-order valence-corrected chi connectivity index (χ4v) is 1.79. The van der Waals surface area contributed by atoms with Crippen molar-refractivity contribution >= 4 is 17.5 Å². The summed E-state index contributed by atoms with van der Waals surface area (Å²) in [6, 6.07) is 0.452. The SMILES string of the molecule is C[C@H]1CCC(=O)N1CCCCCl. The molecular formula is C9H16ClNO. The largest absolute Gasteiger partial charge is 0.340 e. The smallest absolute Gasteiger partial charge is 0.222 e. The van der Waals surface area contributed by atoms with Gasteiger partial charge in [-0.1, -0.05) is 0 Å². The van der Waals surface area contributed by atoms with E-state index < -0.39 is 0 Å². The number of alkyl halides is 1. The van der Waals surface area contributed by atoms with Crippen molar-refractivity contribution in [3.63, 3.8) is 0 Å². The lowest BCUT2D eigenvalue weighted by molar-refractivity contribution is -0.128. The fraction of sp³-hybridized carbons (Fsp3) is 0.889. The molecule has 1 heterocycles. The van der Waals surface area contributed by atoms with Crippen molar-refractivity contribution in [1.29, 1.82) is 0 Å². The van der Waals surface area contributed by atoms with Crippen LogP contribution >= 0.6 is 11.6 Å². The molecule has 1 amide bonds. The van der Waals surface area contributed by atoms with E-state index in [4.69, 9.17) is 11.6 Å². The van der Waals surface area contributed by atoms with E-state index in [0.717, 1.165) is 32.2 Å². The van der Waals surface area contributed by atoms with Crippen molar-refractivity contribution in [2.75, 3.05) is 12.4 Å². The van der Waals surface area contributed by atoms with Crippen LogP contribution in [0.3, 0.4) is 0 Å². The van der Waals surface area contributed by atoms with Crippen LogP contribution in [0, 0.1) is 0 Å². The number of likely N-dealkylation sites (tertiary alicyclic amines) is 1. The van der Waals surface area contributed by atoms with Crippen molar-refractivity contribution in [2.45, 2.75) is 38.6 Å². The second kappa shape index (κ2) is 4.70. The maximum atomic E-state index is 11.3. The molecule has 1 aliphatic rings. The first-order valence-electron chi connectivity index (χ1n) is 4.61. The van der Waals surface area contributed by atoms with Crippen molar-refractivity contribution in [1.82, 2.24) is 4.90 Å². The summed E-state index contributed by atoms with van der Waals surface area (Å²) in [5, 5.41) is 0. The summed E-state index contributed by atoms with van der Waals surface area (Å²) in [6.07, 6.45) is 3.82. The first kappa shape index (κ1) is 9.85. The van der Waals surface area contributed by atoms with Gasteiger partial charge in [0.25, 0.3) is 0 Å². The Bertz CT molecular complexity index is 161. The van der Waals surface area contributed by atoms with Crippen LogP contribution in [0.4, 0.5) is 0 Å². The molecular weight excluding hydrogens is 174 g/mol. The predicted molar refractivity (Wildman–Crippen MR) is 50.4 cm³/mol. The van der Waals surface area contributed by atoms with Gasteiger partial charge in [-0.3, -0.25) is 4.79 Å². The Morgan fingerprint density at radius 2 is 2.33 bits per heavy atom. The highest BCUT2D eigenvalue weighted by Gasteiger charge is 2.26. The van der Waals surface area contributed by atoms with Gasteiger partial charge >= 0.3 is 0 Å². The van der Waals surface area contributed by atoms with Gasteiger partial charge in [-0.15, -0.1) is 11.6 Å². The van der Waals surface area contributed by atoms with Gasteiger partial charge in [0.2, 0.25) is 5.91 Å². The highest BCUT2D eigenvalue weighted by molar-refractivity contribution is 6.17. The summed E-state index contributed by atoms with van der Waals surface area (Å²) in [6.45, 7) is 3.01. The zero-order chi connectivity index (χ0) is 8.97. The second-order valence-corrected chi connectivity index (χ2v) is 3.75. The molecule has 0 aliphatic carbocycles. The number of carbonyl (C=O) groups excluding carboxylic acids is 1. The van der Waals surface area contributed by atoms with Gasteiger partial charge in [0.15, 0.2) is 0 Å². The molecule has 3 heteroatoms. The fourth-order valence-electron chi connectivity index (χ4n) is 1.60. The van der Waals surface area contributed by atoms with E-state index in [0.29, 0.717) is 17.8 Å². The normalized spacial score (nSPS) is 23.7. The molecule has 1 aliphatic heterocycles. The molecule has 0 spiro atoms. The monoisotopic (exact) mass is 189 g/mol. The van der Waals surface area contributed by atoms with Gasteiger partial charge < -0.3 is 4.90 Å². The Morgan fingerprint density at radius 3 is 2.83 bits per heavy atom. The van der Waals surface area contributed by atoms with Crippen molar-refractivity contribution < 1.29 is 4.79 Å². The topological polar surface area (TPSA) is 20.3 Å². The van der Waals surface area contributed by atoms with Crippen LogP contribution in [0.15, 0.2) is 0 Å². The summed E-state index contributed by atoms with van der Waals surface area (Å²) in [5.74, 6) is 1.02. The number of halogens is 1. The van der Waals surface area contributed by atoms with E-state index in [2.05, 4.69) is 6.92 Å².